The highest BCUT2D eigenvalue weighted by atomic mass is 16.2. The van der Waals surface area contributed by atoms with Crippen LogP contribution >= 0.6 is 0 Å². The molecule has 1 saturated heterocycles. The molecule has 2 heterocycles. The second-order valence-corrected chi connectivity index (χ2v) is 7.30. The van der Waals surface area contributed by atoms with Gasteiger partial charge in [-0.2, -0.15) is 0 Å². The molecule has 0 bridgehead atoms. The minimum atomic E-state index is 0.0888. The minimum Gasteiger partial charge on any atom is -0.361 e. The molecule has 4 rings (SSSR count). The van der Waals surface area contributed by atoms with Gasteiger partial charge in [0.25, 0.3) is 0 Å². The van der Waals surface area contributed by atoms with Crippen LogP contribution in [0.3, 0.4) is 0 Å². The number of aromatic nitrogens is 1. The minimum absolute atomic E-state index is 0.0888. The number of H-pyrrole nitrogens is 1. The summed E-state index contributed by atoms with van der Waals surface area (Å²) in [7, 11) is 0. The van der Waals surface area contributed by atoms with Gasteiger partial charge in [-0.05, 0) is 30.9 Å². The summed E-state index contributed by atoms with van der Waals surface area (Å²) in [5.41, 5.74) is 2.42. The molecule has 1 aliphatic heterocycles. The number of amides is 2. The molecular formula is C20H28N4O. The normalized spacial score (nSPS) is 19.6. The Kier molecular flexibility index (Phi) is 4.92. The molecule has 0 atom stereocenters. The second kappa shape index (κ2) is 7.48. The zero-order valence-corrected chi connectivity index (χ0v) is 14.8. The maximum Gasteiger partial charge on any atom is 0.317 e. The first-order valence-corrected chi connectivity index (χ1v) is 9.63. The summed E-state index contributed by atoms with van der Waals surface area (Å²) >= 11 is 0. The van der Waals surface area contributed by atoms with Crippen molar-refractivity contribution < 1.29 is 4.79 Å². The standard InChI is InChI=1S/C20H28N4O/c25-20(24-13-11-23(12-14-24)17-5-1-2-6-17)21-10-9-16-15-22-19-8-4-3-7-18(16)19/h3-4,7-8,15,17,22H,1-2,5-6,9-14H2,(H,21,25). The van der Waals surface area contributed by atoms with Gasteiger partial charge in [0.1, 0.15) is 0 Å². The summed E-state index contributed by atoms with van der Waals surface area (Å²) in [6.07, 6.45) is 8.35. The van der Waals surface area contributed by atoms with E-state index in [1.165, 1.54) is 36.6 Å². The number of fused-ring (bicyclic) bond motifs is 1. The molecule has 0 unspecified atom stereocenters. The van der Waals surface area contributed by atoms with Gasteiger partial charge in [0.15, 0.2) is 0 Å². The Morgan fingerprint density at radius 1 is 1.12 bits per heavy atom. The molecule has 0 radical (unpaired) electrons. The average Bonchev–Trinajstić information content (AvgIpc) is 3.32. The number of urea groups is 1. The molecule has 2 fully saturated rings. The first-order chi connectivity index (χ1) is 12.3. The van der Waals surface area contributed by atoms with Crippen LogP contribution in [0.15, 0.2) is 30.5 Å². The molecule has 1 aromatic carbocycles. The van der Waals surface area contributed by atoms with Crippen LogP contribution in [0.25, 0.3) is 10.9 Å². The maximum absolute atomic E-state index is 12.4. The number of carbonyl (C=O) groups excluding carboxylic acids is 1. The van der Waals surface area contributed by atoms with Crippen molar-refractivity contribution in [1.82, 2.24) is 20.1 Å². The van der Waals surface area contributed by atoms with Crippen molar-refractivity contribution in [2.45, 2.75) is 38.1 Å². The smallest absolute Gasteiger partial charge is 0.317 e. The van der Waals surface area contributed by atoms with Gasteiger partial charge in [0.2, 0.25) is 0 Å². The molecular weight excluding hydrogens is 312 g/mol. The van der Waals surface area contributed by atoms with Crippen LogP contribution in [0.1, 0.15) is 31.2 Å². The van der Waals surface area contributed by atoms with Crippen molar-refractivity contribution in [3.05, 3.63) is 36.0 Å². The van der Waals surface area contributed by atoms with Gasteiger partial charge in [-0.15, -0.1) is 0 Å². The van der Waals surface area contributed by atoms with Crippen LogP contribution in [-0.4, -0.2) is 59.6 Å². The summed E-state index contributed by atoms with van der Waals surface area (Å²) in [6.45, 7) is 4.45. The average molecular weight is 340 g/mol. The first kappa shape index (κ1) is 16.5. The Labute approximate surface area is 149 Å². The summed E-state index contributed by atoms with van der Waals surface area (Å²) in [6, 6.07) is 9.17. The third kappa shape index (κ3) is 3.66. The third-order valence-electron chi connectivity index (χ3n) is 5.79. The predicted molar refractivity (Wildman–Crippen MR) is 101 cm³/mol. The zero-order chi connectivity index (χ0) is 17.1. The molecule has 1 saturated carbocycles. The topological polar surface area (TPSA) is 51.4 Å². The van der Waals surface area contributed by atoms with Gasteiger partial charge in [-0.3, -0.25) is 4.90 Å². The van der Waals surface area contributed by atoms with Gasteiger partial charge in [0, 0.05) is 55.9 Å². The van der Waals surface area contributed by atoms with Crippen LogP contribution in [0.4, 0.5) is 4.79 Å². The molecule has 2 aromatic rings. The summed E-state index contributed by atoms with van der Waals surface area (Å²) in [5.74, 6) is 0. The van der Waals surface area contributed by atoms with Crippen LogP contribution in [-0.2, 0) is 6.42 Å². The first-order valence-electron chi connectivity index (χ1n) is 9.63. The van der Waals surface area contributed by atoms with E-state index in [1.807, 2.05) is 11.0 Å². The van der Waals surface area contributed by atoms with Crippen molar-refractivity contribution >= 4 is 16.9 Å². The number of nitrogens with zero attached hydrogens (tertiary/aromatic N) is 2. The molecule has 134 valence electrons. The zero-order valence-electron chi connectivity index (χ0n) is 14.8. The molecule has 5 heteroatoms. The predicted octanol–water partition coefficient (Wildman–Crippen LogP) is 2.98. The number of hydrogen-bond acceptors (Lipinski definition) is 2. The van der Waals surface area contributed by atoms with E-state index in [0.717, 1.165) is 44.2 Å². The Hall–Kier alpha value is -2.01. The molecule has 2 aliphatic rings. The van der Waals surface area contributed by atoms with Crippen molar-refractivity contribution in [3.8, 4) is 0 Å². The van der Waals surface area contributed by atoms with Crippen LogP contribution < -0.4 is 5.32 Å². The Morgan fingerprint density at radius 3 is 2.68 bits per heavy atom. The number of carbonyl (C=O) groups is 1. The van der Waals surface area contributed by atoms with E-state index < -0.39 is 0 Å². The van der Waals surface area contributed by atoms with Gasteiger partial charge in [-0.1, -0.05) is 31.0 Å². The lowest BCUT2D eigenvalue weighted by Crippen LogP contribution is -2.53. The van der Waals surface area contributed by atoms with Crippen LogP contribution in [0.5, 0.6) is 0 Å². The van der Waals surface area contributed by atoms with E-state index in [1.54, 1.807) is 0 Å². The van der Waals surface area contributed by atoms with E-state index in [0.29, 0.717) is 6.54 Å². The number of para-hydroxylation sites is 1. The van der Waals surface area contributed by atoms with Crippen LogP contribution in [0, 0.1) is 0 Å². The highest BCUT2D eigenvalue weighted by molar-refractivity contribution is 5.83. The van der Waals surface area contributed by atoms with Crippen LogP contribution in [0.2, 0.25) is 0 Å². The summed E-state index contributed by atoms with van der Waals surface area (Å²) in [5, 5.41) is 4.35. The number of hydrogen-bond donors (Lipinski definition) is 2. The van der Waals surface area contributed by atoms with Gasteiger partial charge < -0.3 is 15.2 Å². The highest BCUT2D eigenvalue weighted by Gasteiger charge is 2.27. The molecule has 2 amide bonds. The monoisotopic (exact) mass is 340 g/mol. The van der Waals surface area contributed by atoms with Crippen molar-refractivity contribution in [2.24, 2.45) is 0 Å². The Morgan fingerprint density at radius 2 is 1.88 bits per heavy atom. The lowest BCUT2D eigenvalue weighted by atomic mass is 10.1. The van der Waals surface area contributed by atoms with E-state index >= 15 is 0 Å². The number of rotatable bonds is 4. The van der Waals surface area contributed by atoms with E-state index in [4.69, 9.17) is 0 Å². The van der Waals surface area contributed by atoms with Crippen molar-refractivity contribution in [2.75, 3.05) is 32.7 Å². The fraction of sp³-hybridized carbons (Fsp3) is 0.550. The molecule has 25 heavy (non-hydrogen) atoms. The lowest BCUT2D eigenvalue weighted by Gasteiger charge is -2.38. The van der Waals surface area contributed by atoms with E-state index in [2.05, 4.69) is 39.6 Å². The Bertz CT molecular complexity index is 711. The fourth-order valence-electron chi connectivity index (χ4n) is 4.31. The SMILES string of the molecule is O=C(NCCc1c[nH]c2ccccc12)N1CCN(C2CCCC2)CC1. The van der Waals surface area contributed by atoms with Crippen molar-refractivity contribution in [3.63, 3.8) is 0 Å². The maximum atomic E-state index is 12.4. The number of benzene rings is 1. The molecule has 5 nitrogen and oxygen atoms in total. The van der Waals surface area contributed by atoms with E-state index in [-0.39, 0.29) is 6.03 Å². The Balaban J connectivity index is 1.23. The summed E-state index contributed by atoms with van der Waals surface area (Å²) < 4.78 is 0. The molecule has 2 N–H and O–H groups in total. The third-order valence-corrected chi connectivity index (χ3v) is 5.79. The lowest BCUT2D eigenvalue weighted by molar-refractivity contribution is 0.110. The second-order valence-electron chi connectivity index (χ2n) is 7.30. The van der Waals surface area contributed by atoms with E-state index in [9.17, 15) is 4.79 Å². The van der Waals surface area contributed by atoms with Crippen molar-refractivity contribution in [1.29, 1.82) is 0 Å². The largest absolute Gasteiger partial charge is 0.361 e. The highest BCUT2D eigenvalue weighted by Crippen LogP contribution is 2.24. The number of aromatic amines is 1. The quantitative estimate of drug-likeness (QED) is 0.899. The summed E-state index contributed by atoms with van der Waals surface area (Å²) in [4.78, 5) is 20.3. The van der Waals surface area contributed by atoms with Gasteiger partial charge in [-0.25, -0.2) is 4.79 Å². The number of nitrogens with one attached hydrogen (secondary N) is 2. The number of piperazine rings is 1. The fourth-order valence-corrected chi connectivity index (χ4v) is 4.31. The molecule has 1 aromatic heterocycles. The molecule has 1 aliphatic carbocycles. The van der Waals surface area contributed by atoms with Gasteiger partial charge >= 0.3 is 6.03 Å². The van der Waals surface area contributed by atoms with Gasteiger partial charge in [0.05, 0.1) is 0 Å². The molecule has 0 spiro atoms.